The first kappa shape index (κ1) is 17.5. The van der Waals surface area contributed by atoms with Gasteiger partial charge in [-0.05, 0) is 18.9 Å². The van der Waals surface area contributed by atoms with Crippen LogP contribution in [0.5, 0.6) is 0 Å². The van der Waals surface area contributed by atoms with Crippen molar-refractivity contribution in [2.24, 2.45) is 11.8 Å². The van der Waals surface area contributed by atoms with Crippen molar-refractivity contribution < 1.29 is 14.4 Å². The number of nitrogens with one attached hydrogen (secondary N) is 1. The molecule has 3 unspecified atom stereocenters. The van der Waals surface area contributed by atoms with Crippen molar-refractivity contribution in [2.45, 2.75) is 26.3 Å². The molecule has 134 valence electrons. The molecule has 0 aromatic heterocycles. The number of hydrogen-bond donors (Lipinski definition) is 1. The van der Waals surface area contributed by atoms with Crippen LogP contribution in [0.2, 0.25) is 0 Å². The van der Waals surface area contributed by atoms with Gasteiger partial charge in [0, 0.05) is 33.1 Å². The number of rotatable bonds is 4. The molecular formula is C19H25N3O3. The number of hydrogen-bond acceptors (Lipinski definition) is 3. The van der Waals surface area contributed by atoms with Crippen molar-refractivity contribution in [3.8, 4) is 0 Å². The van der Waals surface area contributed by atoms with Gasteiger partial charge >= 0.3 is 0 Å². The second-order valence-corrected chi connectivity index (χ2v) is 6.92. The molecule has 0 bridgehead atoms. The summed E-state index contributed by atoms with van der Waals surface area (Å²) >= 11 is 0. The van der Waals surface area contributed by atoms with E-state index in [9.17, 15) is 14.4 Å². The topological polar surface area (TPSA) is 69.7 Å². The van der Waals surface area contributed by atoms with E-state index in [1.807, 2.05) is 37.3 Å². The number of carbonyl (C=O) groups excluding carboxylic acids is 3. The molecule has 6 heteroatoms. The lowest BCUT2D eigenvalue weighted by atomic mass is 10.1. The van der Waals surface area contributed by atoms with Gasteiger partial charge in [0.1, 0.15) is 0 Å². The molecule has 1 saturated carbocycles. The maximum atomic E-state index is 12.6. The van der Waals surface area contributed by atoms with Crippen molar-refractivity contribution in [2.75, 3.05) is 26.2 Å². The zero-order valence-corrected chi connectivity index (χ0v) is 14.8. The molecule has 1 aromatic carbocycles. The molecular weight excluding hydrogens is 318 g/mol. The average molecular weight is 343 g/mol. The Hall–Kier alpha value is -2.37. The van der Waals surface area contributed by atoms with Gasteiger partial charge in [0.25, 0.3) is 0 Å². The fraction of sp³-hybridized carbons (Fsp3) is 0.526. The molecule has 1 aromatic rings. The molecule has 25 heavy (non-hydrogen) atoms. The monoisotopic (exact) mass is 343 g/mol. The van der Waals surface area contributed by atoms with Gasteiger partial charge in [-0.25, -0.2) is 0 Å². The normalized spacial score (nSPS) is 23.8. The van der Waals surface area contributed by atoms with E-state index in [0.29, 0.717) is 32.6 Å². The third-order valence-corrected chi connectivity index (χ3v) is 5.14. The fourth-order valence-electron chi connectivity index (χ4n) is 3.38. The predicted molar refractivity (Wildman–Crippen MR) is 93.4 cm³/mol. The fourth-order valence-corrected chi connectivity index (χ4v) is 3.38. The zero-order chi connectivity index (χ0) is 18.0. The summed E-state index contributed by atoms with van der Waals surface area (Å²) in [7, 11) is 0. The van der Waals surface area contributed by atoms with Crippen LogP contribution in [-0.4, -0.2) is 53.7 Å². The maximum Gasteiger partial charge on any atom is 0.226 e. The van der Waals surface area contributed by atoms with Crippen LogP contribution in [-0.2, 0) is 14.4 Å². The number of amides is 3. The Morgan fingerprint density at radius 2 is 1.60 bits per heavy atom. The van der Waals surface area contributed by atoms with Crippen LogP contribution in [0, 0.1) is 11.8 Å². The predicted octanol–water partition coefficient (Wildman–Crippen LogP) is 1.19. The van der Waals surface area contributed by atoms with E-state index < -0.39 is 0 Å². The molecule has 1 saturated heterocycles. The van der Waals surface area contributed by atoms with Crippen molar-refractivity contribution in [3.05, 3.63) is 35.9 Å². The van der Waals surface area contributed by atoms with Crippen LogP contribution in [0.4, 0.5) is 0 Å². The first-order chi connectivity index (χ1) is 12.0. The molecule has 2 aliphatic rings. The molecule has 0 radical (unpaired) electrons. The summed E-state index contributed by atoms with van der Waals surface area (Å²) in [6.07, 6.45) is 0.624. The van der Waals surface area contributed by atoms with Crippen LogP contribution in [0.3, 0.4) is 0 Å². The van der Waals surface area contributed by atoms with Crippen molar-refractivity contribution in [1.29, 1.82) is 0 Å². The molecule has 1 N–H and O–H groups in total. The summed E-state index contributed by atoms with van der Waals surface area (Å²) in [6, 6.07) is 9.73. The lowest BCUT2D eigenvalue weighted by Gasteiger charge is -2.34. The second kappa shape index (κ2) is 7.25. The third kappa shape index (κ3) is 4.00. The van der Waals surface area contributed by atoms with Crippen molar-refractivity contribution in [1.82, 2.24) is 15.1 Å². The highest BCUT2D eigenvalue weighted by molar-refractivity contribution is 5.92. The molecule has 1 heterocycles. The Labute approximate surface area is 148 Å². The molecule has 3 rings (SSSR count). The number of piperazine rings is 1. The van der Waals surface area contributed by atoms with Crippen LogP contribution in [0.15, 0.2) is 30.3 Å². The van der Waals surface area contributed by atoms with Gasteiger partial charge < -0.3 is 15.1 Å². The molecule has 3 atom stereocenters. The van der Waals surface area contributed by atoms with E-state index in [4.69, 9.17) is 0 Å². The maximum absolute atomic E-state index is 12.6. The minimum absolute atomic E-state index is 0.0444. The average Bonchev–Trinajstić information content (AvgIpc) is 3.42. The molecule has 1 aliphatic heterocycles. The third-order valence-electron chi connectivity index (χ3n) is 5.14. The Bertz CT molecular complexity index is 653. The quantitative estimate of drug-likeness (QED) is 0.893. The van der Waals surface area contributed by atoms with Gasteiger partial charge in [0.2, 0.25) is 17.7 Å². The largest absolute Gasteiger partial charge is 0.349 e. The van der Waals surface area contributed by atoms with Crippen molar-refractivity contribution in [3.63, 3.8) is 0 Å². The van der Waals surface area contributed by atoms with E-state index >= 15 is 0 Å². The first-order valence-corrected chi connectivity index (χ1v) is 8.87. The van der Waals surface area contributed by atoms with Crippen LogP contribution in [0.1, 0.15) is 31.9 Å². The highest BCUT2D eigenvalue weighted by atomic mass is 16.2. The summed E-state index contributed by atoms with van der Waals surface area (Å²) in [5.41, 5.74) is 1.06. The molecule has 3 amide bonds. The van der Waals surface area contributed by atoms with E-state index in [-0.39, 0.29) is 35.6 Å². The number of benzene rings is 1. The molecule has 1 aliphatic carbocycles. The van der Waals surface area contributed by atoms with Crippen LogP contribution in [0.25, 0.3) is 0 Å². The summed E-state index contributed by atoms with van der Waals surface area (Å²) in [5, 5.41) is 3.01. The van der Waals surface area contributed by atoms with Crippen molar-refractivity contribution >= 4 is 17.7 Å². The highest BCUT2D eigenvalue weighted by Gasteiger charge is 2.49. The summed E-state index contributed by atoms with van der Waals surface area (Å²) in [4.78, 5) is 39.8. The summed E-state index contributed by atoms with van der Waals surface area (Å²) < 4.78 is 0. The van der Waals surface area contributed by atoms with Gasteiger partial charge in [-0.3, -0.25) is 14.4 Å². The Balaban J connectivity index is 1.48. The van der Waals surface area contributed by atoms with E-state index in [0.717, 1.165) is 5.56 Å². The SMILES string of the molecule is CC(=O)N1CCN(C(=O)C2CC2C(=O)NC(C)c2ccccc2)CC1. The molecule has 6 nitrogen and oxygen atoms in total. The first-order valence-electron chi connectivity index (χ1n) is 8.87. The van der Waals surface area contributed by atoms with E-state index in [2.05, 4.69) is 5.32 Å². The lowest BCUT2D eigenvalue weighted by Crippen LogP contribution is -2.50. The Morgan fingerprint density at radius 1 is 1.00 bits per heavy atom. The van der Waals surface area contributed by atoms with Crippen LogP contribution < -0.4 is 5.32 Å². The minimum Gasteiger partial charge on any atom is -0.349 e. The smallest absolute Gasteiger partial charge is 0.226 e. The minimum atomic E-state index is -0.218. The molecule has 2 fully saturated rings. The number of carbonyl (C=O) groups is 3. The van der Waals surface area contributed by atoms with Crippen LogP contribution >= 0.6 is 0 Å². The van der Waals surface area contributed by atoms with E-state index in [1.54, 1.807) is 16.7 Å². The zero-order valence-electron chi connectivity index (χ0n) is 14.8. The van der Waals surface area contributed by atoms with Gasteiger partial charge in [0.15, 0.2) is 0 Å². The number of nitrogens with zero attached hydrogens (tertiary/aromatic N) is 2. The van der Waals surface area contributed by atoms with Gasteiger partial charge in [-0.15, -0.1) is 0 Å². The Morgan fingerprint density at radius 3 is 2.20 bits per heavy atom. The van der Waals surface area contributed by atoms with Gasteiger partial charge in [-0.1, -0.05) is 30.3 Å². The Kier molecular flexibility index (Phi) is 5.06. The van der Waals surface area contributed by atoms with Gasteiger partial charge in [-0.2, -0.15) is 0 Å². The summed E-state index contributed by atoms with van der Waals surface area (Å²) in [6.45, 7) is 5.78. The second-order valence-electron chi connectivity index (χ2n) is 6.92. The highest BCUT2D eigenvalue weighted by Crippen LogP contribution is 2.40. The van der Waals surface area contributed by atoms with E-state index in [1.165, 1.54) is 0 Å². The summed E-state index contributed by atoms with van der Waals surface area (Å²) in [5.74, 6) is -0.366. The standard InChI is InChI=1S/C19H25N3O3/c1-13(15-6-4-3-5-7-15)20-18(24)16-12-17(16)19(25)22-10-8-21(9-11-22)14(2)23/h3-7,13,16-17H,8-12H2,1-2H3,(H,20,24). The molecule has 0 spiro atoms. The van der Waals surface area contributed by atoms with Gasteiger partial charge in [0.05, 0.1) is 17.9 Å². The lowest BCUT2D eigenvalue weighted by molar-refractivity contribution is -0.140.